The molecule has 0 radical (unpaired) electrons. The molecule has 0 saturated carbocycles. The van der Waals surface area contributed by atoms with E-state index >= 15 is 0 Å². The minimum absolute atomic E-state index is 0.155. The Kier molecular flexibility index (Phi) is 5.01. The summed E-state index contributed by atoms with van der Waals surface area (Å²) in [5.74, 6) is 0. The molecule has 0 unspecified atom stereocenters. The summed E-state index contributed by atoms with van der Waals surface area (Å²) in [6.07, 6.45) is 4.49. The molecule has 0 atom stereocenters. The highest BCUT2D eigenvalue weighted by Crippen LogP contribution is 2.31. The highest BCUT2D eigenvalue weighted by atomic mass is 32.2. The molecule has 0 bridgehead atoms. The lowest BCUT2D eigenvalue weighted by Crippen LogP contribution is -2.33. The Morgan fingerprint density at radius 1 is 1.29 bits per heavy atom. The molecule has 1 aromatic heterocycles. The van der Waals surface area contributed by atoms with Crippen LogP contribution in [-0.2, 0) is 16.6 Å². The summed E-state index contributed by atoms with van der Waals surface area (Å²) in [6, 6.07) is 3.43. The zero-order chi connectivity index (χ0) is 15.5. The van der Waals surface area contributed by atoms with Gasteiger partial charge >= 0.3 is 0 Å². The average molecular weight is 311 g/mol. The molecule has 5 nitrogen and oxygen atoms in total. The van der Waals surface area contributed by atoms with Gasteiger partial charge < -0.3 is 5.32 Å². The van der Waals surface area contributed by atoms with Crippen molar-refractivity contribution < 1.29 is 8.42 Å². The van der Waals surface area contributed by atoms with Crippen LogP contribution in [0.5, 0.6) is 0 Å². The van der Waals surface area contributed by atoms with Crippen LogP contribution in [0.1, 0.15) is 38.7 Å². The van der Waals surface area contributed by atoms with Crippen molar-refractivity contribution in [3.8, 4) is 0 Å². The Labute approximate surface area is 127 Å². The zero-order valence-corrected chi connectivity index (χ0v) is 13.9. The molecule has 0 amide bonds. The molecular weight excluding hydrogens is 286 g/mol. The van der Waals surface area contributed by atoms with Gasteiger partial charge in [0.25, 0.3) is 10.0 Å². The number of nitrogens with one attached hydrogen (secondary N) is 1. The second-order valence-corrected chi connectivity index (χ2v) is 8.34. The smallest absolute Gasteiger partial charge is 0.260 e. The monoisotopic (exact) mass is 311 g/mol. The lowest BCUT2D eigenvalue weighted by molar-refractivity contribution is 0.314. The van der Waals surface area contributed by atoms with Gasteiger partial charge in [-0.1, -0.05) is 19.9 Å². The maximum absolute atomic E-state index is 12.7. The Hall–Kier alpha value is -0.980. The van der Waals surface area contributed by atoms with E-state index in [-0.39, 0.29) is 10.4 Å². The number of rotatable bonds is 4. The van der Waals surface area contributed by atoms with E-state index in [0.29, 0.717) is 19.6 Å². The van der Waals surface area contributed by atoms with Crippen LogP contribution in [0.2, 0.25) is 0 Å². The Bertz CT molecular complexity index is 567. The first-order chi connectivity index (χ1) is 9.85. The van der Waals surface area contributed by atoms with Crippen LogP contribution >= 0.6 is 0 Å². The van der Waals surface area contributed by atoms with Crippen LogP contribution in [0.15, 0.2) is 23.4 Å². The molecule has 0 aliphatic carbocycles. The van der Waals surface area contributed by atoms with Crippen molar-refractivity contribution >= 4 is 10.0 Å². The Morgan fingerprint density at radius 3 is 2.67 bits per heavy atom. The maximum Gasteiger partial charge on any atom is 0.260 e. The van der Waals surface area contributed by atoms with Crippen LogP contribution in [0.3, 0.4) is 0 Å². The minimum atomic E-state index is -3.47. The number of nitrogens with zero attached hydrogens (tertiary/aromatic N) is 2. The van der Waals surface area contributed by atoms with E-state index in [1.165, 1.54) is 0 Å². The van der Waals surface area contributed by atoms with Gasteiger partial charge in [-0.15, -0.1) is 0 Å². The van der Waals surface area contributed by atoms with Gasteiger partial charge in [0.15, 0.2) is 5.03 Å². The lowest BCUT2D eigenvalue weighted by atomic mass is 9.85. The molecule has 1 aliphatic rings. The molecule has 1 aromatic rings. The van der Waals surface area contributed by atoms with Gasteiger partial charge in [-0.3, -0.25) is 0 Å². The van der Waals surface area contributed by atoms with Gasteiger partial charge in [0.05, 0.1) is 0 Å². The van der Waals surface area contributed by atoms with Gasteiger partial charge in [0.2, 0.25) is 0 Å². The first-order valence-corrected chi connectivity index (χ1v) is 8.89. The fourth-order valence-corrected chi connectivity index (χ4v) is 4.03. The van der Waals surface area contributed by atoms with E-state index in [1.807, 2.05) is 13.1 Å². The molecule has 118 valence electrons. The van der Waals surface area contributed by atoms with Crippen molar-refractivity contribution in [1.29, 1.82) is 0 Å². The molecule has 2 heterocycles. The SMILES string of the molecule is CNCc1ccc(S(=O)(=O)N2CCCC(C)(C)CC2)nc1. The Morgan fingerprint density at radius 2 is 2.05 bits per heavy atom. The summed E-state index contributed by atoms with van der Waals surface area (Å²) in [6.45, 7) is 6.26. The summed E-state index contributed by atoms with van der Waals surface area (Å²) in [7, 11) is -1.61. The van der Waals surface area contributed by atoms with Crippen molar-refractivity contribution in [2.45, 2.75) is 44.7 Å². The zero-order valence-electron chi connectivity index (χ0n) is 13.1. The number of sulfonamides is 1. The van der Waals surface area contributed by atoms with E-state index in [4.69, 9.17) is 0 Å². The molecule has 6 heteroatoms. The van der Waals surface area contributed by atoms with Crippen molar-refractivity contribution in [3.05, 3.63) is 23.9 Å². The second kappa shape index (κ2) is 6.42. The summed E-state index contributed by atoms with van der Waals surface area (Å²) in [5, 5.41) is 3.18. The van der Waals surface area contributed by atoms with Gasteiger partial charge in [0, 0.05) is 25.8 Å². The van der Waals surface area contributed by atoms with Gasteiger partial charge in [-0.2, -0.15) is 4.31 Å². The predicted molar refractivity (Wildman–Crippen MR) is 83.4 cm³/mol. The molecule has 1 N–H and O–H groups in total. The third kappa shape index (κ3) is 4.02. The van der Waals surface area contributed by atoms with E-state index in [1.54, 1.807) is 16.6 Å². The average Bonchev–Trinajstić information content (AvgIpc) is 2.61. The number of aromatic nitrogens is 1. The van der Waals surface area contributed by atoms with Crippen LogP contribution in [-0.4, -0.2) is 37.8 Å². The molecule has 1 fully saturated rings. The van der Waals surface area contributed by atoms with E-state index in [2.05, 4.69) is 24.1 Å². The van der Waals surface area contributed by atoms with E-state index in [0.717, 1.165) is 24.8 Å². The fourth-order valence-electron chi connectivity index (χ4n) is 2.64. The molecule has 1 aliphatic heterocycles. The van der Waals surface area contributed by atoms with Crippen LogP contribution in [0, 0.1) is 5.41 Å². The van der Waals surface area contributed by atoms with Crippen LogP contribution in [0.4, 0.5) is 0 Å². The largest absolute Gasteiger partial charge is 0.316 e. The van der Waals surface area contributed by atoms with Crippen molar-refractivity contribution in [2.24, 2.45) is 5.41 Å². The quantitative estimate of drug-likeness (QED) is 0.924. The molecule has 21 heavy (non-hydrogen) atoms. The van der Waals surface area contributed by atoms with E-state index in [9.17, 15) is 8.42 Å². The normalized spacial score (nSPS) is 20.1. The van der Waals surface area contributed by atoms with Gasteiger partial charge in [-0.05, 0) is 43.4 Å². The lowest BCUT2D eigenvalue weighted by Gasteiger charge is -2.22. The minimum Gasteiger partial charge on any atom is -0.316 e. The summed E-state index contributed by atoms with van der Waals surface area (Å²) in [4.78, 5) is 4.14. The molecule has 0 spiro atoms. The number of pyridine rings is 1. The van der Waals surface area contributed by atoms with Gasteiger partial charge in [-0.25, -0.2) is 13.4 Å². The standard InChI is InChI=1S/C15H25N3O2S/c1-15(2)7-4-9-18(10-8-15)21(19,20)14-6-5-13(11-16-3)12-17-14/h5-6,12,16H,4,7-11H2,1-3H3. The third-order valence-corrected chi connectivity index (χ3v) is 5.90. The fraction of sp³-hybridized carbons (Fsp3) is 0.667. The first-order valence-electron chi connectivity index (χ1n) is 7.45. The molecule has 1 saturated heterocycles. The van der Waals surface area contributed by atoms with Crippen LogP contribution < -0.4 is 5.32 Å². The highest BCUT2D eigenvalue weighted by molar-refractivity contribution is 7.89. The first kappa shape index (κ1) is 16.4. The third-order valence-electron chi connectivity index (χ3n) is 4.08. The summed E-state index contributed by atoms with van der Waals surface area (Å²) in [5.41, 5.74) is 1.20. The number of hydrogen-bond acceptors (Lipinski definition) is 4. The van der Waals surface area contributed by atoms with Gasteiger partial charge in [0.1, 0.15) is 0 Å². The maximum atomic E-state index is 12.7. The van der Waals surface area contributed by atoms with Crippen molar-refractivity contribution in [1.82, 2.24) is 14.6 Å². The van der Waals surface area contributed by atoms with Crippen molar-refractivity contribution in [3.63, 3.8) is 0 Å². The summed E-state index contributed by atoms with van der Waals surface area (Å²) >= 11 is 0. The molecule has 0 aromatic carbocycles. The highest BCUT2D eigenvalue weighted by Gasteiger charge is 2.31. The topological polar surface area (TPSA) is 62.3 Å². The Balaban J connectivity index is 2.17. The van der Waals surface area contributed by atoms with Crippen molar-refractivity contribution in [2.75, 3.05) is 20.1 Å². The van der Waals surface area contributed by atoms with Crippen LogP contribution in [0.25, 0.3) is 0 Å². The second-order valence-electron chi connectivity index (χ2n) is 6.46. The molecular formula is C15H25N3O2S. The predicted octanol–water partition coefficient (Wildman–Crippen LogP) is 2.00. The molecule has 2 rings (SSSR count). The van der Waals surface area contributed by atoms with E-state index < -0.39 is 10.0 Å². The number of hydrogen-bond donors (Lipinski definition) is 1. The summed E-state index contributed by atoms with van der Waals surface area (Å²) < 4.78 is 26.9.